The molecule has 406 valence electrons. The fourth-order valence-corrected chi connectivity index (χ4v) is 14.6. The molecule has 0 saturated carbocycles. The first-order chi connectivity index (χ1) is 43.6. The Hall–Kier alpha value is -12.4. The molecular weight excluding hydrogens is 1080 g/mol. The smallest absolute Gasteiger partial charge is 0.212 e. The van der Waals surface area contributed by atoms with Gasteiger partial charge in [0.25, 0.3) is 0 Å². The Morgan fingerprint density at radius 3 is 1.18 bits per heavy atom. The van der Waals surface area contributed by atoms with E-state index in [4.69, 9.17) is 15.4 Å². The van der Waals surface area contributed by atoms with Gasteiger partial charge in [0.15, 0.2) is 0 Å². The van der Waals surface area contributed by atoms with Gasteiger partial charge in [0.1, 0.15) is 28.4 Å². The summed E-state index contributed by atoms with van der Waals surface area (Å²) in [5, 5.41) is 24.4. The fraction of sp³-hybridized carbons (Fsp3) is 0. The van der Waals surface area contributed by atoms with Crippen LogP contribution in [0, 0.1) is 17.9 Å². The summed E-state index contributed by atoms with van der Waals surface area (Å²) in [4.78, 5) is 4.23. The topological polar surface area (TPSA) is 74.2 Å². The lowest BCUT2D eigenvalue weighted by Gasteiger charge is -2.17. The summed E-state index contributed by atoms with van der Waals surface area (Å²) in [6.45, 7) is 8.86. The van der Waals surface area contributed by atoms with Gasteiger partial charge in [-0.3, -0.25) is 0 Å². The lowest BCUT2D eigenvalue weighted by Crippen LogP contribution is -2.04. The van der Waals surface area contributed by atoms with E-state index in [9.17, 15) is 5.26 Å². The molecule has 0 unspecified atom stereocenters. The van der Waals surface area contributed by atoms with Crippen LogP contribution in [0.1, 0.15) is 5.56 Å². The van der Waals surface area contributed by atoms with Crippen LogP contribution < -0.4 is 0 Å². The third kappa shape index (κ3) is 6.60. The minimum atomic E-state index is 0.347. The molecule has 6 aromatic heterocycles. The summed E-state index contributed by atoms with van der Waals surface area (Å²) in [7, 11) is 0. The van der Waals surface area contributed by atoms with Crippen LogP contribution in [0.5, 0.6) is 0 Å². The van der Waals surface area contributed by atoms with Crippen LogP contribution in [-0.2, 0) is 0 Å². The minimum absolute atomic E-state index is 0.347. The first kappa shape index (κ1) is 48.1. The summed E-state index contributed by atoms with van der Waals surface area (Å²) in [6.07, 6.45) is 0. The molecule has 88 heavy (non-hydrogen) atoms. The highest BCUT2D eigenvalue weighted by atomic mass is 16.3. The average Bonchev–Trinajstić information content (AvgIpc) is 1.58. The van der Waals surface area contributed by atoms with Crippen molar-refractivity contribution in [2.24, 2.45) is 0 Å². The summed E-state index contributed by atoms with van der Waals surface area (Å²) in [5.41, 5.74) is 19.3. The van der Waals surface area contributed by atoms with Crippen molar-refractivity contribution in [2.45, 2.75) is 0 Å². The number of para-hydroxylation sites is 6. The van der Waals surface area contributed by atoms with Gasteiger partial charge in [-0.05, 0) is 150 Å². The molecule has 13 aromatic carbocycles. The Bertz CT molecular complexity index is 6330. The van der Waals surface area contributed by atoms with Gasteiger partial charge < -0.3 is 27.1 Å². The first-order valence-corrected chi connectivity index (χ1v) is 29.5. The highest BCUT2D eigenvalue weighted by Crippen LogP contribution is 2.48. The molecule has 19 aromatic rings. The summed E-state index contributed by atoms with van der Waals surface area (Å²) < 4.78 is 22.8. The van der Waals surface area contributed by atoms with Crippen LogP contribution in [0.15, 0.2) is 276 Å². The maximum Gasteiger partial charge on any atom is 0.212 e. The summed E-state index contributed by atoms with van der Waals surface area (Å²) >= 11 is 0. The highest BCUT2D eigenvalue weighted by molar-refractivity contribution is 6.26. The Morgan fingerprint density at radius 1 is 0.318 bits per heavy atom. The largest absolute Gasteiger partial charge is 0.455 e. The second-order valence-corrected chi connectivity index (χ2v) is 22.9. The monoisotopic (exact) mass is 1120 g/mol. The Balaban J connectivity index is 0.850. The standard InChI is InChI=1S/C80H44N6O2/c1-82-64-34-41-71(85-69-37-30-49(44-61(69)76-72(85)39-32-57-55-22-10-14-26-74(55)87-79(57)76)47-28-35-67-59(42-47)53-20-8-12-24-65(53)83(67)51-16-4-2-5-17-51)63(46-81)78(64)86-70-38-31-50(45-62(70)77-73(86)40-33-58-56-23-11-15-27-75(56)88-80(58)77)48-29-36-68-60(43-48)54-21-9-13-25-66(54)84(68)52-18-6-3-7-19-52/h2-45H. The van der Waals surface area contributed by atoms with Crippen LogP contribution >= 0.6 is 0 Å². The van der Waals surface area contributed by atoms with Crippen molar-refractivity contribution in [1.29, 1.82) is 5.26 Å². The van der Waals surface area contributed by atoms with Gasteiger partial charge in [-0.2, -0.15) is 5.26 Å². The van der Waals surface area contributed by atoms with E-state index in [-0.39, 0.29) is 0 Å². The third-order valence-corrected chi connectivity index (χ3v) is 18.4. The molecule has 8 nitrogen and oxygen atoms in total. The van der Waals surface area contributed by atoms with E-state index in [1.54, 1.807) is 0 Å². The Kier molecular flexibility index (Phi) is 9.87. The van der Waals surface area contributed by atoms with Crippen molar-refractivity contribution < 1.29 is 8.83 Å². The molecule has 0 bridgehead atoms. The van der Waals surface area contributed by atoms with Crippen molar-refractivity contribution in [2.75, 3.05) is 0 Å². The number of aromatic nitrogens is 4. The molecule has 0 fully saturated rings. The molecule has 6 heterocycles. The van der Waals surface area contributed by atoms with Gasteiger partial charge in [-0.1, -0.05) is 140 Å². The zero-order valence-corrected chi connectivity index (χ0v) is 46.9. The lowest BCUT2D eigenvalue weighted by atomic mass is 10.00. The zero-order valence-electron chi connectivity index (χ0n) is 46.9. The molecule has 0 radical (unpaired) electrons. The molecule has 0 aliphatic rings. The van der Waals surface area contributed by atoms with E-state index in [0.29, 0.717) is 22.6 Å². The fourth-order valence-electron chi connectivity index (χ4n) is 14.6. The van der Waals surface area contributed by atoms with Crippen LogP contribution in [0.3, 0.4) is 0 Å². The predicted octanol–water partition coefficient (Wildman–Crippen LogP) is 21.6. The molecule has 19 rings (SSSR count). The molecule has 0 spiro atoms. The van der Waals surface area contributed by atoms with E-state index in [1.807, 2.05) is 48.5 Å². The molecule has 0 N–H and O–H groups in total. The number of nitriles is 1. The number of rotatable bonds is 6. The molecule has 0 amide bonds. The van der Waals surface area contributed by atoms with Gasteiger partial charge in [0, 0.05) is 65.2 Å². The van der Waals surface area contributed by atoms with E-state index in [1.165, 1.54) is 10.8 Å². The van der Waals surface area contributed by atoms with Crippen LogP contribution in [-0.4, -0.2) is 18.3 Å². The van der Waals surface area contributed by atoms with Crippen molar-refractivity contribution in [3.8, 4) is 51.1 Å². The molecule has 0 saturated heterocycles. The Labute approximate surface area is 501 Å². The second-order valence-electron chi connectivity index (χ2n) is 22.9. The van der Waals surface area contributed by atoms with Crippen LogP contribution in [0.4, 0.5) is 5.69 Å². The van der Waals surface area contributed by atoms with E-state index >= 15 is 0 Å². The van der Waals surface area contributed by atoms with Crippen molar-refractivity contribution in [1.82, 2.24) is 18.3 Å². The van der Waals surface area contributed by atoms with E-state index in [0.717, 1.165) is 154 Å². The van der Waals surface area contributed by atoms with Gasteiger partial charge in [-0.15, -0.1) is 0 Å². The quantitative estimate of drug-likeness (QED) is 0.156. The molecule has 0 aliphatic heterocycles. The zero-order chi connectivity index (χ0) is 57.9. The van der Waals surface area contributed by atoms with Gasteiger partial charge in [0.05, 0.1) is 78.4 Å². The van der Waals surface area contributed by atoms with Gasteiger partial charge in [-0.25, -0.2) is 4.85 Å². The number of benzene rings is 13. The molecule has 0 atom stereocenters. The minimum Gasteiger partial charge on any atom is -0.455 e. The maximum absolute atomic E-state index is 12.0. The van der Waals surface area contributed by atoms with Gasteiger partial charge in [0.2, 0.25) is 5.69 Å². The normalized spacial score (nSPS) is 12.1. The van der Waals surface area contributed by atoms with Crippen molar-refractivity contribution in [3.05, 3.63) is 284 Å². The van der Waals surface area contributed by atoms with E-state index in [2.05, 4.69) is 248 Å². The molecule has 8 heteroatoms. The Morgan fingerprint density at radius 2 is 0.705 bits per heavy atom. The third-order valence-electron chi connectivity index (χ3n) is 18.4. The number of hydrogen-bond donors (Lipinski definition) is 0. The summed E-state index contributed by atoms with van der Waals surface area (Å²) in [5.74, 6) is 0. The number of fused-ring (bicyclic) bond motifs is 20. The lowest BCUT2D eigenvalue weighted by molar-refractivity contribution is 0.672. The number of furan rings is 2. The van der Waals surface area contributed by atoms with Crippen molar-refractivity contribution in [3.63, 3.8) is 0 Å². The molecular formula is C80H44N6O2. The highest BCUT2D eigenvalue weighted by Gasteiger charge is 2.28. The van der Waals surface area contributed by atoms with Crippen LogP contribution in [0.25, 0.3) is 181 Å². The summed E-state index contributed by atoms with van der Waals surface area (Å²) in [6, 6.07) is 96.5. The first-order valence-electron chi connectivity index (χ1n) is 29.5. The maximum atomic E-state index is 12.0. The van der Waals surface area contributed by atoms with Gasteiger partial charge >= 0.3 is 0 Å². The van der Waals surface area contributed by atoms with Crippen LogP contribution in [0.2, 0.25) is 0 Å². The number of nitrogens with zero attached hydrogens (tertiary/aromatic N) is 6. The molecule has 0 aliphatic carbocycles. The second kappa shape index (κ2) is 18.1. The predicted molar refractivity (Wildman–Crippen MR) is 360 cm³/mol. The van der Waals surface area contributed by atoms with E-state index < -0.39 is 0 Å². The van der Waals surface area contributed by atoms with Crippen molar-refractivity contribution >= 4 is 137 Å². The average molecular weight is 1120 g/mol. The SMILES string of the molecule is [C-]#[N+]c1ccc(-n2c3ccc(-c4ccc5c(c4)c4ccccc4n5-c4ccccc4)cc3c3c4oc5ccccc5c4ccc32)c(C#N)c1-n1c2ccc(-c3ccc4c(c3)c3ccccc3n4-c3ccccc3)cc2c2c3oc4ccccc4c3ccc21. The number of hydrogen-bond acceptors (Lipinski definition) is 3.